The SMILES string of the molecule is Nc1cc(N2CCN(C3CC3)CC2)ccc1C(=O)O. The van der Waals surface area contributed by atoms with Crippen LogP contribution in [-0.2, 0) is 0 Å². The maximum absolute atomic E-state index is 10.9. The Hall–Kier alpha value is -1.75. The molecule has 3 N–H and O–H groups in total. The zero-order valence-corrected chi connectivity index (χ0v) is 10.9. The van der Waals surface area contributed by atoms with Crippen LogP contribution in [0.1, 0.15) is 23.2 Å². The summed E-state index contributed by atoms with van der Waals surface area (Å²) in [5, 5.41) is 8.97. The summed E-state index contributed by atoms with van der Waals surface area (Å²) in [6.07, 6.45) is 2.69. The van der Waals surface area contributed by atoms with Gasteiger partial charge in [-0.1, -0.05) is 0 Å². The molecule has 1 aromatic carbocycles. The second kappa shape index (κ2) is 4.74. The maximum Gasteiger partial charge on any atom is 0.337 e. The number of anilines is 2. The molecule has 1 saturated carbocycles. The Morgan fingerprint density at radius 3 is 2.42 bits per heavy atom. The van der Waals surface area contributed by atoms with Crippen molar-refractivity contribution in [2.45, 2.75) is 18.9 Å². The number of piperazine rings is 1. The van der Waals surface area contributed by atoms with Crippen molar-refractivity contribution in [3.8, 4) is 0 Å². The predicted octanol–water partition coefficient (Wildman–Crippen LogP) is 1.25. The van der Waals surface area contributed by atoms with E-state index >= 15 is 0 Å². The van der Waals surface area contributed by atoms with Crippen molar-refractivity contribution < 1.29 is 9.90 Å². The van der Waals surface area contributed by atoms with Gasteiger partial charge in [0.25, 0.3) is 0 Å². The summed E-state index contributed by atoms with van der Waals surface area (Å²) < 4.78 is 0. The van der Waals surface area contributed by atoms with Gasteiger partial charge in [-0.3, -0.25) is 4.90 Å². The van der Waals surface area contributed by atoms with Crippen LogP contribution in [-0.4, -0.2) is 48.2 Å². The lowest BCUT2D eigenvalue weighted by atomic mass is 10.1. The summed E-state index contributed by atoms with van der Waals surface area (Å²) in [6.45, 7) is 4.15. The van der Waals surface area contributed by atoms with Gasteiger partial charge in [0.2, 0.25) is 0 Å². The van der Waals surface area contributed by atoms with Gasteiger partial charge in [0.05, 0.1) is 5.56 Å². The fourth-order valence-electron chi connectivity index (χ4n) is 2.73. The summed E-state index contributed by atoms with van der Waals surface area (Å²) in [5.41, 5.74) is 7.35. The highest BCUT2D eigenvalue weighted by atomic mass is 16.4. The third-order valence-electron chi connectivity index (χ3n) is 4.01. The summed E-state index contributed by atoms with van der Waals surface area (Å²) in [7, 11) is 0. The fraction of sp³-hybridized carbons (Fsp3) is 0.500. The zero-order chi connectivity index (χ0) is 13.4. The van der Waals surface area contributed by atoms with Crippen LogP contribution in [0.4, 0.5) is 11.4 Å². The van der Waals surface area contributed by atoms with Crippen LogP contribution in [0.15, 0.2) is 18.2 Å². The Bertz CT molecular complexity index is 491. The predicted molar refractivity (Wildman–Crippen MR) is 74.6 cm³/mol. The number of rotatable bonds is 3. The molecule has 3 rings (SSSR count). The normalized spacial score (nSPS) is 20.5. The van der Waals surface area contributed by atoms with Gasteiger partial charge in [0, 0.05) is 43.6 Å². The van der Waals surface area contributed by atoms with Gasteiger partial charge in [0.15, 0.2) is 0 Å². The summed E-state index contributed by atoms with van der Waals surface area (Å²) in [5.74, 6) is -0.970. The number of hydrogen-bond acceptors (Lipinski definition) is 4. The molecule has 1 saturated heterocycles. The second-order valence-electron chi connectivity index (χ2n) is 5.33. The lowest BCUT2D eigenvalue weighted by Crippen LogP contribution is -2.47. The number of hydrogen-bond donors (Lipinski definition) is 2. The zero-order valence-electron chi connectivity index (χ0n) is 10.9. The topological polar surface area (TPSA) is 69.8 Å². The molecule has 19 heavy (non-hydrogen) atoms. The second-order valence-corrected chi connectivity index (χ2v) is 5.33. The first-order valence-corrected chi connectivity index (χ1v) is 6.77. The van der Waals surface area contributed by atoms with E-state index in [9.17, 15) is 4.79 Å². The summed E-state index contributed by atoms with van der Waals surface area (Å²) in [4.78, 5) is 15.8. The van der Waals surface area contributed by atoms with Crippen LogP contribution >= 0.6 is 0 Å². The van der Waals surface area contributed by atoms with E-state index in [0.29, 0.717) is 5.69 Å². The van der Waals surface area contributed by atoms with Crippen molar-refractivity contribution in [1.29, 1.82) is 0 Å². The summed E-state index contributed by atoms with van der Waals surface area (Å²) in [6, 6.07) is 6.05. The molecule has 1 aliphatic carbocycles. The van der Waals surface area contributed by atoms with Crippen LogP contribution in [0.3, 0.4) is 0 Å². The van der Waals surface area contributed by atoms with Crippen LogP contribution in [0, 0.1) is 0 Å². The van der Waals surface area contributed by atoms with Gasteiger partial charge >= 0.3 is 5.97 Å². The van der Waals surface area contributed by atoms with Gasteiger partial charge < -0.3 is 15.7 Å². The van der Waals surface area contributed by atoms with Crippen molar-refractivity contribution in [3.63, 3.8) is 0 Å². The van der Waals surface area contributed by atoms with Gasteiger partial charge in [-0.15, -0.1) is 0 Å². The van der Waals surface area contributed by atoms with Crippen molar-refractivity contribution >= 4 is 17.3 Å². The molecule has 0 unspecified atom stereocenters. The monoisotopic (exact) mass is 261 g/mol. The highest BCUT2D eigenvalue weighted by Gasteiger charge is 2.31. The van der Waals surface area contributed by atoms with Gasteiger partial charge in [0.1, 0.15) is 0 Å². The average Bonchev–Trinajstić information content (AvgIpc) is 3.22. The average molecular weight is 261 g/mol. The van der Waals surface area contributed by atoms with E-state index in [1.807, 2.05) is 6.07 Å². The first kappa shape index (κ1) is 12.3. The number of nitrogens with zero attached hydrogens (tertiary/aromatic N) is 2. The molecule has 1 heterocycles. The van der Waals surface area contributed by atoms with E-state index in [1.54, 1.807) is 12.1 Å². The standard InChI is InChI=1S/C14H19N3O2/c15-13-9-11(3-4-12(13)14(18)19)17-7-5-16(6-8-17)10-1-2-10/h3-4,9-10H,1-2,5-8,15H2,(H,18,19). The molecule has 0 spiro atoms. The smallest absolute Gasteiger partial charge is 0.337 e. The van der Waals surface area contributed by atoms with E-state index in [2.05, 4.69) is 9.80 Å². The van der Waals surface area contributed by atoms with Crippen molar-refractivity contribution in [3.05, 3.63) is 23.8 Å². The third kappa shape index (κ3) is 2.51. The minimum absolute atomic E-state index is 0.181. The number of carboxylic acid groups (broad SMARTS) is 1. The lowest BCUT2D eigenvalue weighted by molar-refractivity contribution is 0.0698. The number of carboxylic acids is 1. The molecule has 0 atom stereocenters. The van der Waals surface area contributed by atoms with E-state index in [0.717, 1.165) is 37.9 Å². The van der Waals surface area contributed by atoms with E-state index in [4.69, 9.17) is 10.8 Å². The van der Waals surface area contributed by atoms with Crippen LogP contribution in [0.25, 0.3) is 0 Å². The molecule has 2 fully saturated rings. The fourth-order valence-corrected chi connectivity index (χ4v) is 2.73. The van der Waals surface area contributed by atoms with Crippen molar-refractivity contribution in [2.24, 2.45) is 0 Å². The number of nitrogen functional groups attached to an aromatic ring is 1. The van der Waals surface area contributed by atoms with Crippen molar-refractivity contribution in [1.82, 2.24) is 4.90 Å². The largest absolute Gasteiger partial charge is 0.478 e. The van der Waals surface area contributed by atoms with Gasteiger partial charge in [-0.2, -0.15) is 0 Å². The number of nitrogens with two attached hydrogens (primary N) is 1. The molecule has 2 aliphatic rings. The molecule has 5 nitrogen and oxygen atoms in total. The van der Waals surface area contributed by atoms with Crippen molar-refractivity contribution in [2.75, 3.05) is 36.8 Å². The van der Waals surface area contributed by atoms with Crippen LogP contribution in [0.2, 0.25) is 0 Å². The van der Waals surface area contributed by atoms with Crippen LogP contribution < -0.4 is 10.6 Å². The maximum atomic E-state index is 10.9. The molecule has 0 amide bonds. The van der Waals surface area contributed by atoms with E-state index < -0.39 is 5.97 Å². The Labute approximate surface area is 112 Å². The molecule has 1 aliphatic heterocycles. The molecule has 5 heteroatoms. The Morgan fingerprint density at radius 1 is 1.21 bits per heavy atom. The lowest BCUT2D eigenvalue weighted by Gasteiger charge is -2.36. The minimum atomic E-state index is -0.970. The Morgan fingerprint density at radius 2 is 1.89 bits per heavy atom. The first-order valence-electron chi connectivity index (χ1n) is 6.77. The van der Waals surface area contributed by atoms with Crippen LogP contribution in [0.5, 0.6) is 0 Å². The molecular formula is C14H19N3O2. The van der Waals surface area contributed by atoms with E-state index in [-0.39, 0.29) is 5.56 Å². The number of aromatic carboxylic acids is 1. The Kier molecular flexibility index (Phi) is 3.06. The highest BCUT2D eigenvalue weighted by molar-refractivity contribution is 5.94. The number of benzene rings is 1. The molecule has 102 valence electrons. The first-order chi connectivity index (χ1) is 9.15. The van der Waals surface area contributed by atoms with E-state index in [1.165, 1.54) is 12.8 Å². The molecule has 0 aromatic heterocycles. The molecule has 0 bridgehead atoms. The Balaban J connectivity index is 1.69. The minimum Gasteiger partial charge on any atom is -0.478 e. The number of carbonyl (C=O) groups is 1. The van der Waals surface area contributed by atoms with Gasteiger partial charge in [-0.05, 0) is 31.0 Å². The summed E-state index contributed by atoms with van der Waals surface area (Å²) >= 11 is 0. The third-order valence-corrected chi connectivity index (χ3v) is 4.01. The molecule has 1 aromatic rings. The van der Waals surface area contributed by atoms with Gasteiger partial charge in [-0.25, -0.2) is 4.79 Å². The quantitative estimate of drug-likeness (QED) is 0.801. The molecule has 0 radical (unpaired) electrons. The highest BCUT2D eigenvalue weighted by Crippen LogP contribution is 2.29. The molecular weight excluding hydrogens is 242 g/mol.